The molecule has 4 aliphatic rings. The smallest absolute Gasteiger partial charge is 0.220 e. The average molecular weight is 538 g/mol. The van der Waals surface area contributed by atoms with Gasteiger partial charge in [0.15, 0.2) is 0 Å². The summed E-state index contributed by atoms with van der Waals surface area (Å²) in [7, 11) is 0. The van der Waals surface area contributed by atoms with Gasteiger partial charge in [-0.2, -0.15) is 0 Å². The average Bonchev–Trinajstić information content (AvgIpc) is 3.26. The third-order valence-corrected chi connectivity index (χ3v) is 12.4. The number of nitrogens with one attached hydrogen (secondary N) is 1. The van der Waals surface area contributed by atoms with E-state index in [0.29, 0.717) is 34.5 Å². The van der Waals surface area contributed by atoms with E-state index in [1.54, 1.807) is 0 Å². The highest BCUT2D eigenvalue weighted by atomic mass is 16.5. The van der Waals surface area contributed by atoms with E-state index in [4.69, 9.17) is 16.2 Å². The summed E-state index contributed by atoms with van der Waals surface area (Å²) < 4.78 is 6.45. The zero-order valence-electron chi connectivity index (χ0n) is 25.1. The van der Waals surface area contributed by atoms with Crippen LogP contribution in [0.1, 0.15) is 111 Å². The summed E-state index contributed by atoms with van der Waals surface area (Å²) in [6.07, 6.45) is 16.0. The number of fused-ring (bicyclic) bond motifs is 5. The Balaban J connectivity index is 1.19. The number of carbonyl (C=O) groups is 1. The van der Waals surface area contributed by atoms with Gasteiger partial charge in [-0.25, -0.2) is 0 Å². The van der Waals surface area contributed by atoms with Gasteiger partial charge >= 0.3 is 0 Å². The van der Waals surface area contributed by atoms with Gasteiger partial charge in [0.05, 0.1) is 11.8 Å². The molecule has 9 atom stereocenters. The van der Waals surface area contributed by atoms with Gasteiger partial charge in [-0.15, -0.1) is 0 Å². The van der Waals surface area contributed by atoms with Gasteiger partial charge in [-0.05, 0) is 135 Å². The van der Waals surface area contributed by atoms with Gasteiger partial charge in [0.2, 0.25) is 5.91 Å². The van der Waals surface area contributed by atoms with Crippen LogP contribution in [0.15, 0.2) is 18.2 Å². The summed E-state index contributed by atoms with van der Waals surface area (Å²) in [5, 5.41) is 3.13. The first kappa shape index (κ1) is 28.6. The number of amides is 1. The van der Waals surface area contributed by atoms with E-state index in [1.807, 2.05) is 18.2 Å². The van der Waals surface area contributed by atoms with Crippen molar-refractivity contribution >= 4 is 17.3 Å². The molecular weight excluding hydrogens is 482 g/mol. The van der Waals surface area contributed by atoms with E-state index >= 15 is 0 Å². The number of carbonyl (C=O) groups excluding carboxylic acids is 1. The molecule has 0 heterocycles. The fourth-order valence-electron chi connectivity index (χ4n) is 10.2. The number of nitrogen functional groups attached to an aromatic ring is 2. The van der Waals surface area contributed by atoms with Crippen LogP contribution in [0.25, 0.3) is 0 Å². The number of anilines is 2. The normalized spacial score (nSPS) is 38.3. The van der Waals surface area contributed by atoms with Crippen LogP contribution in [0.2, 0.25) is 0 Å². The third-order valence-electron chi connectivity index (χ3n) is 12.4. The van der Waals surface area contributed by atoms with Gasteiger partial charge in [0.1, 0.15) is 5.75 Å². The van der Waals surface area contributed by atoms with E-state index < -0.39 is 0 Å². The van der Waals surface area contributed by atoms with Crippen molar-refractivity contribution in [1.82, 2.24) is 5.32 Å². The molecule has 1 aromatic rings. The number of hydrogen-bond acceptors (Lipinski definition) is 4. The molecule has 5 heteroatoms. The SMILES string of the molecule is CCCCNC(=O)CC[C@@H](C)[C@H]1CC[C@H]2[C@@H]3CCC4CC(Oc5ccc(N)cc5N)CC[C@]4(C)[C@H]3CC[C@]12C. The fraction of sp³-hybridized carbons (Fsp3) is 0.794. The van der Waals surface area contributed by atoms with Crippen molar-refractivity contribution in [2.24, 2.45) is 46.3 Å². The standard InChI is InChI=1S/C34H55N3O2/c1-5-6-19-37-32(38)14-7-22(2)27-11-12-28-26-10-8-23-20-25(39-31-13-9-24(35)21-30(31)36)15-17-33(23,3)29(26)16-18-34(27,28)4/h9,13,21-23,25-29H,5-8,10-12,14-20,35-36H2,1-4H3,(H,37,38)/t22-,23?,25?,26+,27-,28+,29+,33+,34-/m1/s1. The second kappa shape index (κ2) is 11.5. The van der Waals surface area contributed by atoms with Gasteiger partial charge in [-0.1, -0.05) is 34.1 Å². The first-order valence-corrected chi connectivity index (χ1v) is 16.2. The van der Waals surface area contributed by atoms with E-state index in [2.05, 4.69) is 33.0 Å². The first-order valence-electron chi connectivity index (χ1n) is 16.2. The van der Waals surface area contributed by atoms with Gasteiger partial charge in [-0.3, -0.25) is 4.79 Å². The first-order chi connectivity index (χ1) is 18.7. The Bertz CT molecular complexity index is 1010. The molecule has 5 nitrogen and oxygen atoms in total. The van der Waals surface area contributed by atoms with E-state index in [9.17, 15) is 4.79 Å². The molecule has 0 bridgehead atoms. The topological polar surface area (TPSA) is 90.4 Å². The molecule has 0 saturated heterocycles. The van der Waals surface area contributed by atoms with E-state index in [-0.39, 0.29) is 12.0 Å². The lowest BCUT2D eigenvalue weighted by atomic mass is 9.44. The Morgan fingerprint density at radius 3 is 2.59 bits per heavy atom. The van der Waals surface area contributed by atoms with Crippen LogP contribution in [0.3, 0.4) is 0 Å². The number of hydrogen-bond donors (Lipinski definition) is 3. The van der Waals surface area contributed by atoms with E-state index in [1.165, 1.54) is 44.9 Å². The molecule has 5 N–H and O–H groups in total. The molecule has 0 aliphatic heterocycles. The van der Waals surface area contributed by atoms with Gasteiger partial charge < -0.3 is 21.5 Å². The molecule has 0 aromatic heterocycles. The highest BCUT2D eigenvalue weighted by molar-refractivity contribution is 5.75. The zero-order chi connectivity index (χ0) is 27.8. The molecule has 0 radical (unpaired) electrons. The molecule has 2 unspecified atom stereocenters. The predicted molar refractivity (Wildman–Crippen MR) is 161 cm³/mol. The second-order valence-corrected chi connectivity index (χ2v) is 14.4. The lowest BCUT2D eigenvalue weighted by Crippen LogP contribution is -2.54. The minimum atomic E-state index is 0.253. The highest BCUT2D eigenvalue weighted by Gasteiger charge is 2.60. The van der Waals surface area contributed by atoms with E-state index in [0.717, 1.165) is 74.0 Å². The third kappa shape index (κ3) is 5.53. The van der Waals surface area contributed by atoms with Crippen molar-refractivity contribution in [3.05, 3.63) is 18.2 Å². The van der Waals surface area contributed by atoms with Crippen molar-refractivity contribution < 1.29 is 9.53 Å². The number of benzene rings is 1. The molecule has 4 saturated carbocycles. The highest BCUT2D eigenvalue weighted by Crippen LogP contribution is 2.68. The summed E-state index contributed by atoms with van der Waals surface area (Å²) in [6.45, 7) is 10.7. The quantitative estimate of drug-likeness (QED) is 0.224. The summed E-state index contributed by atoms with van der Waals surface area (Å²) >= 11 is 0. The van der Waals surface area contributed by atoms with Crippen LogP contribution >= 0.6 is 0 Å². The molecular formula is C34H55N3O2. The van der Waals surface area contributed by atoms with Gasteiger partial charge in [0.25, 0.3) is 0 Å². The second-order valence-electron chi connectivity index (χ2n) is 14.4. The number of ether oxygens (including phenoxy) is 1. The minimum Gasteiger partial charge on any atom is -0.488 e. The fourth-order valence-corrected chi connectivity index (χ4v) is 10.2. The van der Waals surface area contributed by atoms with Crippen LogP contribution in [0.4, 0.5) is 11.4 Å². The molecule has 4 fully saturated rings. The Morgan fingerprint density at radius 2 is 1.82 bits per heavy atom. The molecule has 218 valence electrons. The minimum absolute atomic E-state index is 0.253. The predicted octanol–water partition coefficient (Wildman–Crippen LogP) is 7.59. The van der Waals surface area contributed by atoms with Crippen LogP contribution in [0, 0.1) is 46.3 Å². The van der Waals surface area contributed by atoms with Crippen LogP contribution in [-0.2, 0) is 4.79 Å². The monoisotopic (exact) mass is 537 g/mol. The Kier molecular flexibility index (Phi) is 8.46. The zero-order valence-corrected chi connectivity index (χ0v) is 25.1. The lowest BCUT2D eigenvalue weighted by molar-refractivity contribution is -0.127. The summed E-state index contributed by atoms with van der Waals surface area (Å²) in [4.78, 5) is 12.4. The van der Waals surface area contributed by atoms with Gasteiger partial charge in [0, 0.05) is 18.7 Å². The summed E-state index contributed by atoms with van der Waals surface area (Å²) in [6, 6.07) is 5.64. The number of nitrogens with two attached hydrogens (primary N) is 2. The maximum Gasteiger partial charge on any atom is 0.220 e. The Hall–Kier alpha value is -1.91. The number of unbranched alkanes of at least 4 members (excludes halogenated alkanes) is 1. The maximum atomic E-state index is 12.4. The van der Waals surface area contributed by atoms with Crippen LogP contribution < -0.4 is 21.5 Å². The Morgan fingerprint density at radius 1 is 1.05 bits per heavy atom. The van der Waals surface area contributed by atoms with Crippen molar-refractivity contribution in [1.29, 1.82) is 0 Å². The van der Waals surface area contributed by atoms with Crippen LogP contribution in [0.5, 0.6) is 5.75 Å². The maximum absolute atomic E-state index is 12.4. The summed E-state index contributed by atoms with van der Waals surface area (Å²) in [5.74, 6) is 5.80. The van der Waals surface area contributed by atoms with Crippen molar-refractivity contribution in [3.63, 3.8) is 0 Å². The van der Waals surface area contributed by atoms with Crippen molar-refractivity contribution in [2.75, 3.05) is 18.0 Å². The molecule has 1 aromatic carbocycles. The van der Waals surface area contributed by atoms with Crippen molar-refractivity contribution in [2.45, 2.75) is 117 Å². The molecule has 5 rings (SSSR count). The molecule has 4 aliphatic carbocycles. The lowest BCUT2D eigenvalue weighted by Gasteiger charge is -2.61. The van der Waals surface area contributed by atoms with Crippen LogP contribution in [-0.4, -0.2) is 18.6 Å². The molecule has 1 amide bonds. The Labute approximate surface area is 237 Å². The summed E-state index contributed by atoms with van der Waals surface area (Å²) in [5.41, 5.74) is 14.3. The molecule has 39 heavy (non-hydrogen) atoms. The molecule has 0 spiro atoms. The number of rotatable bonds is 9. The largest absolute Gasteiger partial charge is 0.488 e. The van der Waals surface area contributed by atoms with Crippen molar-refractivity contribution in [3.8, 4) is 5.75 Å².